The molecule has 2 heterocycles. The number of hydrogen-bond donors (Lipinski definition) is 0. The van der Waals surface area contributed by atoms with E-state index in [1.54, 1.807) is 4.90 Å². The van der Waals surface area contributed by atoms with E-state index in [4.69, 9.17) is 0 Å². The molecule has 2 rings (SSSR count). The summed E-state index contributed by atoms with van der Waals surface area (Å²) in [5, 5.41) is 0. The molecule has 17 heavy (non-hydrogen) atoms. The number of rotatable bonds is 4. The molecule has 1 unspecified atom stereocenters. The van der Waals surface area contributed by atoms with Crippen LogP contribution in [0.5, 0.6) is 0 Å². The molecule has 0 saturated carbocycles. The summed E-state index contributed by atoms with van der Waals surface area (Å²) >= 11 is 0. The number of Topliss-reactive ketones (excluding diaryl/α,β-unsaturated/α-hetero) is 1. The van der Waals surface area contributed by atoms with Crippen molar-refractivity contribution >= 4 is 11.7 Å². The first-order valence-electron chi connectivity index (χ1n) is 6.56. The van der Waals surface area contributed by atoms with Crippen molar-refractivity contribution in [1.82, 2.24) is 9.80 Å². The first-order valence-corrected chi connectivity index (χ1v) is 6.56. The molecular formula is C13H22N2O2. The zero-order valence-electron chi connectivity index (χ0n) is 10.8. The van der Waals surface area contributed by atoms with Crippen LogP contribution in [0, 0.1) is 11.8 Å². The van der Waals surface area contributed by atoms with E-state index < -0.39 is 0 Å². The summed E-state index contributed by atoms with van der Waals surface area (Å²) in [6.07, 6.45) is 1.28. The topological polar surface area (TPSA) is 40.6 Å². The largest absolute Gasteiger partial charge is 0.335 e. The summed E-state index contributed by atoms with van der Waals surface area (Å²) in [6.45, 7) is 8.95. The summed E-state index contributed by atoms with van der Waals surface area (Å²) in [4.78, 5) is 26.9. The molecule has 0 spiro atoms. The number of ketones is 1. The van der Waals surface area contributed by atoms with Gasteiger partial charge in [0.1, 0.15) is 0 Å². The Morgan fingerprint density at radius 1 is 1.35 bits per heavy atom. The van der Waals surface area contributed by atoms with Gasteiger partial charge in [-0.1, -0.05) is 13.8 Å². The highest BCUT2D eigenvalue weighted by atomic mass is 16.2. The van der Waals surface area contributed by atoms with Crippen LogP contribution in [0.1, 0.15) is 26.7 Å². The van der Waals surface area contributed by atoms with E-state index in [-0.39, 0.29) is 18.1 Å². The summed E-state index contributed by atoms with van der Waals surface area (Å²) in [6, 6.07) is 0. The van der Waals surface area contributed by atoms with Gasteiger partial charge in [0.15, 0.2) is 5.78 Å². The van der Waals surface area contributed by atoms with Crippen molar-refractivity contribution in [2.45, 2.75) is 26.7 Å². The normalized spacial score (nSPS) is 26.5. The average molecular weight is 238 g/mol. The Morgan fingerprint density at radius 3 is 2.71 bits per heavy atom. The van der Waals surface area contributed by atoms with Crippen molar-refractivity contribution in [2.75, 3.05) is 32.7 Å². The number of hydrogen-bond acceptors (Lipinski definition) is 3. The fourth-order valence-corrected chi connectivity index (χ4v) is 2.86. The predicted molar refractivity (Wildman–Crippen MR) is 65.6 cm³/mol. The van der Waals surface area contributed by atoms with E-state index in [1.165, 1.54) is 0 Å². The van der Waals surface area contributed by atoms with Crippen molar-refractivity contribution in [3.63, 3.8) is 0 Å². The standard InChI is InChI=1S/C13H22N2O2/c1-10(2)6-14-4-3-11(7-14)8-15-9-12(16)5-13(15)17/h10-11H,3-9H2,1-2H3. The molecule has 96 valence electrons. The fraction of sp³-hybridized carbons (Fsp3) is 0.846. The highest BCUT2D eigenvalue weighted by molar-refractivity contribution is 6.05. The molecule has 0 radical (unpaired) electrons. The smallest absolute Gasteiger partial charge is 0.230 e. The molecule has 4 heteroatoms. The second-order valence-electron chi connectivity index (χ2n) is 5.80. The van der Waals surface area contributed by atoms with Crippen LogP contribution in [0.25, 0.3) is 0 Å². The van der Waals surface area contributed by atoms with Gasteiger partial charge >= 0.3 is 0 Å². The van der Waals surface area contributed by atoms with Crippen molar-refractivity contribution in [2.24, 2.45) is 11.8 Å². The minimum atomic E-state index is 0.0253. The molecule has 1 amide bonds. The van der Waals surface area contributed by atoms with Crippen molar-refractivity contribution < 1.29 is 9.59 Å². The zero-order chi connectivity index (χ0) is 12.4. The summed E-state index contributed by atoms with van der Waals surface area (Å²) < 4.78 is 0. The van der Waals surface area contributed by atoms with Crippen LogP contribution in [-0.4, -0.2) is 54.2 Å². The summed E-state index contributed by atoms with van der Waals surface area (Å²) in [5.74, 6) is 1.36. The van der Waals surface area contributed by atoms with Gasteiger partial charge in [0.05, 0.1) is 13.0 Å². The van der Waals surface area contributed by atoms with E-state index in [9.17, 15) is 9.59 Å². The fourth-order valence-electron chi connectivity index (χ4n) is 2.86. The third-order valence-corrected chi connectivity index (χ3v) is 3.54. The lowest BCUT2D eigenvalue weighted by Gasteiger charge is -2.21. The maximum Gasteiger partial charge on any atom is 0.230 e. The number of amides is 1. The predicted octanol–water partition coefficient (Wildman–Crippen LogP) is 0.766. The maximum absolute atomic E-state index is 11.5. The minimum Gasteiger partial charge on any atom is -0.335 e. The lowest BCUT2D eigenvalue weighted by atomic mass is 10.1. The molecule has 0 aliphatic carbocycles. The van der Waals surface area contributed by atoms with Gasteiger partial charge in [-0.25, -0.2) is 0 Å². The van der Waals surface area contributed by atoms with Gasteiger partial charge in [-0.15, -0.1) is 0 Å². The summed E-state index contributed by atoms with van der Waals surface area (Å²) in [5.41, 5.74) is 0. The van der Waals surface area contributed by atoms with Gasteiger partial charge in [0.25, 0.3) is 0 Å². The SMILES string of the molecule is CC(C)CN1CCC(CN2CC(=O)CC2=O)C1. The number of nitrogens with zero attached hydrogens (tertiary/aromatic N) is 2. The molecule has 2 saturated heterocycles. The van der Waals surface area contributed by atoms with Crippen LogP contribution in [0.15, 0.2) is 0 Å². The van der Waals surface area contributed by atoms with Crippen molar-refractivity contribution in [3.8, 4) is 0 Å². The second-order valence-corrected chi connectivity index (χ2v) is 5.80. The third kappa shape index (κ3) is 3.28. The molecule has 0 aromatic heterocycles. The lowest BCUT2D eigenvalue weighted by molar-refractivity contribution is -0.128. The Hall–Kier alpha value is -0.900. The highest BCUT2D eigenvalue weighted by Gasteiger charge is 2.31. The number of carbonyl (C=O) groups excluding carboxylic acids is 2. The van der Waals surface area contributed by atoms with E-state index in [0.717, 1.165) is 32.6 Å². The van der Waals surface area contributed by atoms with Crippen LogP contribution >= 0.6 is 0 Å². The number of carbonyl (C=O) groups is 2. The zero-order valence-corrected chi connectivity index (χ0v) is 10.8. The minimum absolute atomic E-state index is 0.0253. The van der Waals surface area contributed by atoms with Crippen LogP contribution in [0.2, 0.25) is 0 Å². The quantitative estimate of drug-likeness (QED) is 0.679. The van der Waals surface area contributed by atoms with E-state index in [1.807, 2.05) is 0 Å². The van der Waals surface area contributed by atoms with E-state index >= 15 is 0 Å². The highest BCUT2D eigenvalue weighted by Crippen LogP contribution is 2.20. The van der Waals surface area contributed by atoms with Gasteiger partial charge in [0, 0.05) is 19.6 Å². The maximum atomic E-state index is 11.5. The molecule has 0 N–H and O–H groups in total. The Bertz CT molecular complexity index is 315. The van der Waals surface area contributed by atoms with Crippen molar-refractivity contribution in [3.05, 3.63) is 0 Å². The van der Waals surface area contributed by atoms with Gasteiger partial charge in [0.2, 0.25) is 5.91 Å². The van der Waals surface area contributed by atoms with Gasteiger partial charge in [-0.2, -0.15) is 0 Å². The van der Waals surface area contributed by atoms with Gasteiger partial charge in [-0.05, 0) is 24.8 Å². The van der Waals surface area contributed by atoms with Crippen LogP contribution in [0.4, 0.5) is 0 Å². The first kappa shape index (κ1) is 12.6. The second kappa shape index (κ2) is 5.17. The molecule has 0 bridgehead atoms. The molecular weight excluding hydrogens is 216 g/mol. The van der Waals surface area contributed by atoms with Crippen LogP contribution in [-0.2, 0) is 9.59 Å². The molecule has 2 fully saturated rings. The Morgan fingerprint density at radius 2 is 2.12 bits per heavy atom. The Balaban J connectivity index is 1.78. The average Bonchev–Trinajstić information content (AvgIpc) is 2.74. The van der Waals surface area contributed by atoms with Gasteiger partial charge in [-0.3, -0.25) is 9.59 Å². The molecule has 0 aromatic rings. The molecule has 2 aliphatic heterocycles. The van der Waals surface area contributed by atoms with E-state index in [2.05, 4.69) is 18.7 Å². The molecule has 1 atom stereocenters. The van der Waals surface area contributed by atoms with E-state index in [0.29, 0.717) is 18.4 Å². The Labute approximate surface area is 103 Å². The van der Waals surface area contributed by atoms with Gasteiger partial charge < -0.3 is 9.80 Å². The Kier molecular flexibility index (Phi) is 3.82. The third-order valence-electron chi connectivity index (χ3n) is 3.54. The molecule has 2 aliphatic rings. The van der Waals surface area contributed by atoms with Crippen molar-refractivity contribution in [1.29, 1.82) is 0 Å². The monoisotopic (exact) mass is 238 g/mol. The molecule has 0 aromatic carbocycles. The molecule has 4 nitrogen and oxygen atoms in total. The van der Waals surface area contributed by atoms with Crippen LogP contribution in [0.3, 0.4) is 0 Å². The lowest BCUT2D eigenvalue weighted by Crippen LogP contribution is -2.33. The summed E-state index contributed by atoms with van der Waals surface area (Å²) in [7, 11) is 0. The van der Waals surface area contributed by atoms with Crippen LogP contribution < -0.4 is 0 Å². The number of likely N-dealkylation sites (tertiary alicyclic amines) is 2. The first-order chi connectivity index (χ1) is 8.04.